The number of nitrogens with one attached hydrogen (secondary N) is 2. The van der Waals surface area contributed by atoms with Gasteiger partial charge in [0.1, 0.15) is 0 Å². The van der Waals surface area contributed by atoms with Crippen molar-refractivity contribution in [2.24, 2.45) is 0 Å². The van der Waals surface area contributed by atoms with E-state index in [4.69, 9.17) is 0 Å². The minimum absolute atomic E-state index is 0.0931. The van der Waals surface area contributed by atoms with Crippen LogP contribution in [0.25, 0.3) is 0 Å². The molecule has 2 aliphatic rings. The number of hydrogen-bond acceptors (Lipinski definition) is 2. The van der Waals surface area contributed by atoms with Gasteiger partial charge in [-0.25, -0.2) is 4.79 Å². The molecule has 1 aliphatic carbocycles. The first-order valence-corrected chi connectivity index (χ1v) is 6.01. The van der Waals surface area contributed by atoms with Gasteiger partial charge in [0.25, 0.3) is 0 Å². The van der Waals surface area contributed by atoms with Gasteiger partial charge in [0.15, 0.2) is 0 Å². The lowest BCUT2D eigenvalue weighted by Gasteiger charge is -2.19. The van der Waals surface area contributed by atoms with E-state index in [0.29, 0.717) is 12.1 Å². The maximum absolute atomic E-state index is 11.6. The molecular formula is C11H21N3O. The Labute approximate surface area is 91.4 Å². The third-order valence-corrected chi connectivity index (χ3v) is 3.23. The van der Waals surface area contributed by atoms with Gasteiger partial charge in [-0.05, 0) is 38.6 Å². The van der Waals surface area contributed by atoms with E-state index in [1.54, 1.807) is 4.90 Å². The van der Waals surface area contributed by atoms with Crippen molar-refractivity contribution in [1.29, 1.82) is 0 Å². The summed E-state index contributed by atoms with van der Waals surface area (Å²) >= 11 is 0. The lowest BCUT2D eigenvalue weighted by molar-refractivity contribution is 0.206. The Morgan fingerprint density at radius 1 is 1.47 bits per heavy atom. The van der Waals surface area contributed by atoms with Crippen molar-refractivity contribution in [3.63, 3.8) is 0 Å². The van der Waals surface area contributed by atoms with E-state index in [0.717, 1.165) is 32.4 Å². The van der Waals surface area contributed by atoms with E-state index in [1.807, 2.05) is 7.05 Å². The molecule has 0 aromatic carbocycles. The maximum Gasteiger partial charge on any atom is 0.317 e. The van der Waals surface area contributed by atoms with E-state index in [2.05, 4.69) is 10.6 Å². The monoisotopic (exact) mass is 211 g/mol. The zero-order valence-corrected chi connectivity index (χ0v) is 9.46. The van der Waals surface area contributed by atoms with Crippen LogP contribution in [0.3, 0.4) is 0 Å². The SMILES string of the molecule is CN(CCC1CCCN1)C(=O)NC1CC1. The number of nitrogens with zero attached hydrogens (tertiary/aromatic N) is 1. The second-order valence-corrected chi connectivity index (χ2v) is 4.73. The van der Waals surface area contributed by atoms with Crippen molar-refractivity contribution in [3.05, 3.63) is 0 Å². The van der Waals surface area contributed by atoms with Gasteiger partial charge >= 0.3 is 6.03 Å². The molecule has 2 amide bonds. The van der Waals surface area contributed by atoms with Crippen molar-refractivity contribution in [3.8, 4) is 0 Å². The van der Waals surface area contributed by atoms with E-state index in [-0.39, 0.29) is 6.03 Å². The van der Waals surface area contributed by atoms with Gasteiger partial charge in [0.05, 0.1) is 0 Å². The highest BCUT2D eigenvalue weighted by molar-refractivity contribution is 5.74. The highest BCUT2D eigenvalue weighted by Crippen LogP contribution is 2.18. The average Bonchev–Trinajstić information content (AvgIpc) is 2.88. The lowest BCUT2D eigenvalue weighted by atomic mass is 10.1. The predicted octanol–water partition coefficient (Wildman–Crippen LogP) is 0.932. The van der Waals surface area contributed by atoms with Crippen LogP contribution in [-0.2, 0) is 0 Å². The van der Waals surface area contributed by atoms with Crippen molar-refractivity contribution < 1.29 is 4.79 Å². The van der Waals surface area contributed by atoms with Gasteiger partial charge in [-0.1, -0.05) is 0 Å². The van der Waals surface area contributed by atoms with Crippen molar-refractivity contribution >= 4 is 6.03 Å². The normalized spacial score (nSPS) is 25.3. The number of amides is 2. The van der Waals surface area contributed by atoms with Crippen LogP contribution in [0.4, 0.5) is 4.79 Å². The summed E-state index contributed by atoms with van der Waals surface area (Å²) in [6.07, 6.45) is 5.93. The minimum atomic E-state index is 0.0931. The molecule has 0 aromatic rings. The van der Waals surface area contributed by atoms with E-state index in [9.17, 15) is 4.79 Å². The van der Waals surface area contributed by atoms with Crippen LogP contribution < -0.4 is 10.6 Å². The fraction of sp³-hybridized carbons (Fsp3) is 0.909. The van der Waals surface area contributed by atoms with Crippen LogP contribution in [0.5, 0.6) is 0 Å². The Bertz CT molecular complexity index is 222. The second kappa shape index (κ2) is 4.84. The fourth-order valence-corrected chi connectivity index (χ4v) is 1.97. The second-order valence-electron chi connectivity index (χ2n) is 4.73. The molecule has 1 heterocycles. The molecule has 2 fully saturated rings. The maximum atomic E-state index is 11.6. The third kappa shape index (κ3) is 3.38. The summed E-state index contributed by atoms with van der Waals surface area (Å²) < 4.78 is 0. The van der Waals surface area contributed by atoms with Gasteiger partial charge in [-0.2, -0.15) is 0 Å². The molecule has 86 valence electrons. The summed E-state index contributed by atoms with van der Waals surface area (Å²) in [6.45, 7) is 2.00. The number of carbonyl (C=O) groups excluding carboxylic acids is 1. The largest absolute Gasteiger partial charge is 0.335 e. The summed E-state index contributed by atoms with van der Waals surface area (Å²) in [4.78, 5) is 13.4. The van der Waals surface area contributed by atoms with Crippen LogP contribution in [0.1, 0.15) is 32.1 Å². The Hall–Kier alpha value is -0.770. The predicted molar refractivity (Wildman–Crippen MR) is 59.8 cm³/mol. The zero-order valence-electron chi connectivity index (χ0n) is 9.46. The fourth-order valence-electron chi connectivity index (χ4n) is 1.97. The summed E-state index contributed by atoms with van der Waals surface area (Å²) in [5.74, 6) is 0. The summed E-state index contributed by atoms with van der Waals surface area (Å²) in [5, 5.41) is 6.44. The van der Waals surface area contributed by atoms with Crippen LogP contribution in [0, 0.1) is 0 Å². The van der Waals surface area contributed by atoms with E-state index in [1.165, 1.54) is 12.8 Å². The first-order chi connectivity index (χ1) is 7.25. The standard InChI is InChI=1S/C11H21N3O/c1-14(11(15)13-10-4-5-10)8-6-9-3-2-7-12-9/h9-10,12H,2-8H2,1H3,(H,13,15). The Morgan fingerprint density at radius 3 is 2.87 bits per heavy atom. The van der Waals surface area contributed by atoms with Gasteiger partial charge in [0, 0.05) is 25.7 Å². The molecule has 0 spiro atoms. The van der Waals surface area contributed by atoms with Crippen LogP contribution in [0.15, 0.2) is 0 Å². The average molecular weight is 211 g/mol. The zero-order chi connectivity index (χ0) is 10.7. The first-order valence-electron chi connectivity index (χ1n) is 6.01. The van der Waals surface area contributed by atoms with Gasteiger partial charge in [-0.15, -0.1) is 0 Å². The number of hydrogen-bond donors (Lipinski definition) is 2. The molecule has 0 radical (unpaired) electrons. The van der Waals surface area contributed by atoms with Gasteiger partial charge < -0.3 is 15.5 Å². The quantitative estimate of drug-likeness (QED) is 0.726. The highest BCUT2D eigenvalue weighted by atomic mass is 16.2. The molecular weight excluding hydrogens is 190 g/mol. The molecule has 15 heavy (non-hydrogen) atoms. The van der Waals surface area contributed by atoms with E-state index < -0.39 is 0 Å². The molecule has 0 aromatic heterocycles. The van der Waals surface area contributed by atoms with Crippen molar-refractivity contribution in [1.82, 2.24) is 15.5 Å². The topological polar surface area (TPSA) is 44.4 Å². The molecule has 0 bridgehead atoms. The first kappa shape index (κ1) is 10.7. The molecule has 2 rings (SSSR count). The minimum Gasteiger partial charge on any atom is -0.335 e. The van der Waals surface area contributed by atoms with Gasteiger partial charge in [-0.3, -0.25) is 0 Å². The number of urea groups is 1. The third-order valence-electron chi connectivity index (χ3n) is 3.23. The molecule has 2 N–H and O–H groups in total. The van der Waals surface area contributed by atoms with Crippen molar-refractivity contribution in [2.75, 3.05) is 20.1 Å². The Balaban J connectivity index is 1.61. The molecule has 1 aliphatic heterocycles. The van der Waals surface area contributed by atoms with Crippen LogP contribution >= 0.6 is 0 Å². The summed E-state index contributed by atoms with van der Waals surface area (Å²) in [7, 11) is 1.88. The molecule has 4 nitrogen and oxygen atoms in total. The Kier molecular flexibility index (Phi) is 3.46. The summed E-state index contributed by atoms with van der Waals surface area (Å²) in [6, 6.07) is 1.18. The molecule has 1 saturated carbocycles. The molecule has 1 saturated heterocycles. The lowest BCUT2D eigenvalue weighted by Crippen LogP contribution is -2.40. The van der Waals surface area contributed by atoms with E-state index >= 15 is 0 Å². The number of rotatable bonds is 4. The molecule has 1 unspecified atom stereocenters. The molecule has 1 atom stereocenters. The smallest absolute Gasteiger partial charge is 0.317 e. The van der Waals surface area contributed by atoms with Crippen molar-refractivity contribution in [2.45, 2.75) is 44.2 Å². The Morgan fingerprint density at radius 2 is 2.27 bits per heavy atom. The van der Waals surface area contributed by atoms with Crippen LogP contribution in [-0.4, -0.2) is 43.2 Å². The molecule has 4 heteroatoms. The van der Waals surface area contributed by atoms with Crippen LogP contribution in [0.2, 0.25) is 0 Å². The van der Waals surface area contributed by atoms with Gasteiger partial charge in [0.2, 0.25) is 0 Å². The summed E-state index contributed by atoms with van der Waals surface area (Å²) in [5.41, 5.74) is 0. The highest BCUT2D eigenvalue weighted by Gasteiger charge is 2.25. The number of carbonyl (C=O) groups is 1.